The molecule has 2 aromatic carbocycles. The first kappa shape index (κ1) is 22.2. The van der Waals surface area contributed by atoms with Gasteiger partial charge in [-0.1, -0.05) is 18.2 Å². The number of benzene rings is 2. The molecule has 1 unspecified atom stereocenters. The summed E-state index contributed by atoms with van der Waals surface area (Å²) >= 11 is 0. The number of Topliss-reactive ketones (excluding diaryl/α,β-unsaturated/α-hetero) is 1. The maximum absolute atomic E-state index is 12.6. The third-order valence-electron chi connectivity index (χ3n) is 5.78. The van der Waals surface area contributed by atoms with E-state index in [-0.39, 0.29) is 30.0 Å². The zero-order valence-electron chi connectivity index (χ0n) is 18.3. The van der Waals surface area contributed by atoms with Crippen LogP contribution in [0.15, 0.2) is 60.8 Å². The summed E-state index contributed by atoms with van der Waals surface area (Å²) in [5.74, 6) is -0.0264. The van der Waals surface area contributed by atoms with Crippen LogP contribution in [0, 0.1) is 0 Å². The Morgan fingerprint density at radius 3 is 2.52 bits per heavy atom. The van der Waals surface area contributed by atoms with Gasteiger partial charge in [-0.25, -0.2) is 0 Å². The molecule has 33 heavy (non-hydrogen) atoms. The van der Waals surface area contributed by atoms with Crippen molar-refractivity contribution in [2.24, 2.45) is 5.73 Å². The number of ketones is 1. The molecule has 0 saturated carbocycles. The van der Waals surface area contributed by atoms with Crippen LogP contribution < -0.4 is 15.8 Å². The van der Waals surface area contributed by atoms with Crippen molar-refractivity contribution < 1.29 is 19.1 Å². The number of hydrogen-bond acceptors (Lipinski definition) is 5. The number of hydrogen-bond donors (Lipinski definition) is 2. The minimum absolute atomic E-state index is 0.0195. The second-order valence-electron chi connectivity index (χ2n) is 8.18. The largest absolute Gasteiger partial charge is 0.489 e. The van der Waals surface area contributed by atoms with Crippen LogP contribution in [0.1, 0.15) is 61.2 Å². The first-order valence-corrected chi connectivity index (χ1v) is 10.8. The average Bonchev–Trinajstić information content (AvgIpc) is 2.82. The van der Waals surface area contributed by atoms with Gasteiger partial charge < -0.3 is 15.8 Å². The van der Waals surface area contributed by atoms with Gasteiger partial charge in [0.2, 0.25) is 0 Å². The fraction of sp³-hybridized carbons (Fsp3) is 0.231. The molecular weight excluding hydrogens is 418 g/mol. The van der Waals surface area contributed by atoms with Gasteiger partial charge in [0.1, 0.15) is 18.1 Å². The van der Waals surface area contributed by atoms with Crippen LogP contribution in [0.4, 0.5) is 0 Å². The van der Waals surface area contributed by atoms with E-state index in [1.165, 1.54) is 18.7 Å². The fourth-order valence-corrected chi connectivity index (χ4v) is 3.94. The van der Waals surface area contributed by atoms with Gasteiger partial charge in [-0.15, -0.1) is 0 Å². The fourth-order valence-electron chi connectivity index (χ4n) is 3.94. The number of nitrogens with one attached hydrogen (secondary N) is 1. The Bertz CT molecular complexity index is 1200. The number of fused-ring (bicyclic) bond motifs is 1. The Balaban J connectivity index is 1.38. The van der Waals surface area contributed by atoms with Crippen LogP contribution in [0.25, 0.3) is 0 Å². The molecule has 168 valence electrons. The topological polar surface area (TPSA) is 111 Å². The van der Waals surface area contributed by atoms with E-state index in [1.54, 1.807) is 36.4 Å². The van der Waals surface area contributed by atoms with Gasteiger partial charge in [-0.3, -0.25) is 19.4 Å². The van der Waals surface area contributed by atoms with Crippen LogP contribution in [-0.4, -0.2) is 28.6 Å². The number of pyridine rings is 1. The lowest BCUT2D eigenvalue weighted by atomic mass is 9.88. The third kappa shape index (κ3) is 5.44. The molecular formula is C26H25N3O4. The molecule has 2 amide bonds. The monoisotopic (exact) mass is 443 g/mol. The smallest absolute Gasteiger partial charge is 0.267 e. The molecule has 0 fully saturated rings. The first-order chi connectivity index (χ1) is 15.9. The van der Waals surface area contributed by atoms with Gasteiger partial charge in [0, 0.05) is 23.4 Å². The van der Waals surface area contributed by atoms with Gasteiger partial charge in [-0.2, -0.15) is 0 Å². The molecule has 3 N–H and O–H groups in total. The molecule has 0 bridgehead atoms. The van der Waals surface area contributed by atoms with E-state index in [0.717, 1.165) is 29.7 Å². The van der Waals surface area contributed by atoms with Crippen molar-refractivity contribution >= 4 is 17.6 Å². The first-order valence-electron chi connectivity index (χ1n) is 10.8. The van der Waals surface area contributed by atoms with Crippen molar-refractivity contribution in [1.29, 1.82) is 0 Å². The minimum atomic E-state index is -0.575. The summed E-state index contributed by atoms with van der Waals surface area (Å²) in [6.45, 7) is 1.79. The number of carbonyl (C=O) groups is 3. The summed E-state index contributed by atoms with van der Waals surface area (Å²) in [5, 5.41) is 3.10. The maximum Gasteiger partial charge on any atom is 0.267 e. The predicted octanol–water partition coefficient (Wildman–Crippen LogP) is 3.25. The van der Waals surface area contributed by atoms with Crippen molar-refractivity contribution in [3.63, 3.8) is 0 Å². The van der Waals surface area contributed by atoms with Gasteiger partial charge in [0.05, 0.1) is 0 Å². The number of aromatic nitrogens is 1. The minimum Gasteiger partial charge on any atom is -0.489 e. The summed E-state index contributed by atoms with van der Waals surface area (Å²) in [6.07, 6.45) is 3.98. The molecule has 7 heteroatoms. The molecule has 7 nitrogen and oxygen atoms in total. The third-order valence-corrected chi connectivity index (χ3v) is 5.78. The molecule has 3 aromatic rings. The molecule has 1 heterocycles. The van der Waals surface area contributed by atoms with E-state index >= 15 is 0 Å². The Labute approximate surface area is 192 Å². The summed E-state index contributed by atoms with van der Waals surface area (Å²) in [7, 11) is 0. The second kappa shape index (κ2) is 9.65. The normalized spacial score (nSPS) is 14.8. The molecule has 1 aliphatic rings. The van der Waals surface area contributed by atoms with Gasteiger partial charge in [0.25, 0.3) is 11.8 Å². The summed E-state index contributed by atoms with van der Waals surface area (Å²) in [6, 6.07) is 16.1. The number of aryl methyl sites for hydroxylation is 1. The maximum atomic E-state index is 12.6. The number of amides is 2. The SMILES string of the molecule is CC(=O)c1ccc(C(=O)NC2CCc3ccc(OCc4ccnc(C(N)=O)c4)cc3C2)cc1. The Kier molecular flexibility index (Phi) is 6.49. The number of carbonyl (C=O) groups excluding carboxylic acids is 3. The van der Waals surface area contributed by atoms with E-state index in [2.05, 4.69) is 16.4 Å². The lowest BCUT2D eigenvalue weighted by Gasteiger charge is -2.26. The molecule has 0 spiro atoms. The number of primary amides is 1. The van der Waals surface area contributed by atoms with Crippen LogP contribution in [0.3, 0.4) is 0 Å². The Hall–Kier alpha value is -4.00. The highest BCUT2D eigenvalue weighted by molar-refractivity contribution is 5.97. The van der Waals surface area contributed by atoms with Crippen molar-refractivity contribution in [1.82, 2.24) is 10.3 Å². The predicted molar refractivity (Wildman–Crippen MR) is 123 cm³/mol. The molecule has 1 aliphatic carbocycles. The van der Waals surface area contributed by atoms with Gasteiger partial charge in [0.15, 0.2) is 5.78 Å². The van der Waals surface area contributed by atoms with E-state index < -0.39 is 5.91 Å². The zero-order chi connectivity index (χ0) is 23.4. The lowest BCUT2D eigenvalue weighted by molar-refractivity contribution is 0.0931. The summed E-state index contributed by atoms with van der Waals surface area (Å²) < 4.78 is 5.91. The Morgan fingerprint density at radius 2 is 1.79 bits per heavy atom. The van der Waals surface area contributed by atoms with Crippen molar-refractivity contribution in [3.8, 4) is 5.75 Å². The molecule has 1 aromatic heterocycles. The Morgan fingerprint density at radius 1 is 1.03 bits per heavy atom. The van der Waals surface area contributed by atoms with Gasteiger partial charge >= 0.3 is 0 Å². The summed E-state index contributed by atoms with van der Waals surface area (Å²) in [5.41, 5.74) is 9.81. The van der Waals surface area contributed by atoms with Crippen molar-refractivity contribution in [2.75, 3.05) is 0 Å². The molecule has 0 saturated heterocycles. The average molecular weight is 444 g/mol. The van der Waals surface area contributed by atoms with Crippen molar-refractivity contribution in [2.45, 2.75) is 38.8 Å². The standard InChI is InChI=1S/C26H25N3O4/c1-16(30)18-2-4-20(5-3-18)26(32)29-22-8-6-19-7-9-23(14-21(19)13-22)33-15-17-10-11-28-24(12-17)25(27)31/h2-5,7,9-12,14,22H,6,8,13,15H2,1H3,(H2,27,31)(H,29,32). The second-order valence-corrected chi connectivity index (χ2v) is 8.18. The summed E-state index contributed by atoms with van der Waals surface area (Å²) in [4.78, 5) is 39.3. The van der Waals surface area contributed by atoms with Crippen molar-refractivity contribution in [3.05, 3.63) is 94.3 Å². The van der Waals surface area contributed by atoms with Gasteiger partial charge in [-0.05, 0) is 79.3 Å². The molecule has 0 radical (unpaired) electrons. The molecule has 4 rings (SSSR count). The highest BCUT2D eigenvalue weighted by atomic mass is 16.5. The molecule has 0 aliphatic heterocycles. The van der Waals surface area contributed by atoms with Crippen LogP contribution in [0.2, 0.25) is 0 Å². The van der Waals surface area contributed by atoms with E-state index in [0.29, 0.717) is 17.5 Å². The number of ether oxygens (including phenoxy) is 1. The lowest BCUT2D eigenvalue weighted by Crippen LogP contribution is -2.38. The number of nitrogens with two attached hydrogens (primary N) is 1. The van der Waals surface area contributed by atoms with E-state index in [9.17, 15) is 14.4 Å². The van der Waals surface area contributed by atoms with Crippen LogP contribution in [-0.2, 0) is 19.4 Å². The molecule has 1 atom stereocenters. The van der Waals surface area contributed by atoms with Crippen LogP contribution in [0.5, 0.6) is 5.75 Å². The quantitative estimate of drug-likeness (QED) is 0.545. The van der Waals surface area contributed by atoms with E-state index in [4.69, 9.17) is 10.5 Å². The highest BCUT2D eigenvalue weighted by Gasteiger charge is 2.21. The number of nitrogens with zero attached hydrogens (tertiary/aromatic N) is 1. The zero-order valence-corrected chi connectivity index (χ0v) is 18.3. The van der Waals surface area contributed by atoms with E-state index in [1.807, 2.05) is 12.1 Å². The number of rotatable bonds is 7. The van der Waals surface area contributed by atoms with Crippen LogP contribution >= 0.6 is 0 Å². The highest BCUT2D eigenvalue weighted by Crippen LogP contribution is 2.26.